The SMILES string of the molecule is C=CCOCC1CN(C(=O)NCc2cccnc2)Cc2nccn2C1. The van der Waals surface area contributed by atoms with Crippen molar-refractivity contribution in [3.05, 3.63) is 61.0 Å². The summed E-state index contributed by atoms with van der Waals surface area (Å²) in [5.74, 6) is 1.10. The predicted molar refractivity (Wildman–Crippen MR) is 93.6 cm³/mol. The fraction of sp³-hybridized carbons (Fsp3) is 0.389. The monoisotopic (exact) mass is 341 g/mol. The Kier molecular flexibility index (Phi) is 5.79. The van der Waals surface area contributed by atoms with E-state index in [9.17, 15) is 4.79 Å². The van der Waals surface area contributed by atoms with E-state index in [-0.39, 0.29) is 11.9 Å². The summed E-state index contributed by atoms with van der Waals surface area (Å²) in [6, 6.07) is 3.69. The zero-order valence-corrected chi connectivity index (χ0v) is 14.2. The fourth-order valence-corrected chi connectivity index (χ4v) is 2.91. The Morgan fingerprint density at radius 1 is 1.44 bits per heavy atom. The number of carbonyl (C=O) groups excluding carboxylic acids is 1. The van der Waals surface area contributed by atoms with Crippen LogP contribution in [0.1, 0.15) is 11.4 Å². The van der Waals surface area contributed by atoms with Gasteiger partial charge < -0.3 is 19.5 Å². The average Bonchev–Trinajstić information content (AvgIpc) is 2.99. The van der Waals surface area contributed by atoms with Gasteiger partial charge in [-0.15, -0.1) is 6.58 Å². The van der Waals surface area contributed by atoms with Crippen molar-refractivity contribution in [3.63, 3.8) is 0 Å². The summed E-state index contributed by atoms with van der Waals surface area (Å²) in [6.07, 6.45) is 8.92. The fourth-order valence-electron chi connectivity index (χ4n) is 2.91. The van der Waals surface area contributed by atoms with E-state index in [1.54, 1.807) is 29.6 Å². The molecule has 1 aliphatic rings. The third-order valence-electron chi connectivity index (χ3n) is 4.11. The Bertz CT molecular complexity index is 701. The van der Waals surface area contributed by atoms with Crippen LogP contribution in [0.4, 0.5) is 4.79 Å². The summed E-state index contributed by atoms with van der Waals surface area (Å²) in [6.45, 7) is 7.12. The number of amides is 2. The maximum Gasteiger partial charge on any atom is 0.318 e. The molecule has 25 heavy (non-hydrogen) atoms. The van der Waals surface area contributed by atoms with E-state index in [1.165, 1.54) is 0 Å². The second kappa shape index (κ2) is 8.43. The smallest absolute Gasteiger partial charge is 0.318 e. The number of pyridine rings is 1. The summed E-state index contributed by atoms with van der Waals surface area (Å²) in [7, 11) is 0. The van der Waals surface area contributed by atoms with Crippen LogP contribution in [-0.2, 0) is 24.4 Å². The zero-order chi connectivity index (χ0) is 17.5. The van der Waals surface area contributed by atoms with E-state index in [0.29, 0.717) is 32.8 Å². The Labute approximate surface area is 147 Å². The number of fused-ring (bicyclic) bond motifs is 1. The second-order valence-corrected chi connectivity index (χ2v) is 6.09. The van der Waals surface area contributed by atoms with Crippen molar-refractivity contribution in [2.75, 3.05) is 19.8 Å². The highest BCUT2D eigenvalue weighted by molar-refractivity contribution is 5.74. The van der Waals surface area contributed by atoms with Gasteiger partial charge in [0, 0.05) is 50.3 Å². The van der Waals surface area contributed by atoms with E-state index in [1.807, 2.05) is 18.3 Å². The minimum Gasteiger partial charge on any atom is -0.377 e. The third-order valence-corrected chi connectivity index (χ3v) is 4.11. The number of nitrogens with one attached hydrogen (secondary N) is 1. The zero-order valence-electron chi connectivity index (χ0n) is 14.2. The summed E-state index contributed by atoms with van der Waals surface area (Å²) < 4.78 is 7.70. The van der Waals surface area contributed by atoms with Crippen molar-refractivity contribution in [2.24, 2.45) is 5.92 Å². The van der Waals surface area contributed by atoms with Crippen LogP contribution in [0.25, 0.3) is 0 Å². The van der Waals surface area contributed by atoms with Gasteiger partial charge in [-0.1, -0.05) is 12.1 Å². The molecule has 0 spiro atoms. The Morgan fingerprint density at radius 2 is 2.36 bits per heavy atom. The molecule has 0 aliphatic carbocycles. The first-order valence-corrected chi connectivity index (χ1v) is 8.36. The van der Waals surface area contributed by atoms with Crippen LogP contribution in [-0.4, -0.2) is 45.2 Å². The van der Waals surface area contributed by atoms with Gasteiger partial charge >= 0.3 is 6.03 Å². The molecular formula is C18H23N5O2. The molecule has 2 aromatic rings. The van der Waals surface area contributed by atoms with E-state index in [2.05, 4.69) is 26.4 Å². The minimum absolute atomic E-state index is 0.103. The van der Waals surface area contributed by atoms with Crippen LogP contribution in [0.15, 0.2) is 49.6 Å². The lowest BCUT2D eigenvalue weighted by Crippen LogP contribution is -2.41. The van der Waals surface area contributed by atoms with Gasteiger partial charge in [0.2, 0.25) is 0 Å². The molecule has 7 nitrogen and oxygen atoms in total. The molecule has 132 valence electrons. The Balaban J connectivity index is 1.64. The normalized spacial score (nSPS) is 16.8. The molecule has 2 amide bonds. The molecule has 1 N–H and O–H groups in total. The molecule has 3 heterocycles. The van der Waals surface area contributed by atoms with Crippen LogP contribution < -0.4 is 5.32 Å². The highest BCUT2D eigenvalue weighted by atomic mass is 16.5. The van der Waals surface area contributed by atoms with Gasteiger partial charge in [-0.05, 0) is 11.6 Å². The van der Waals surface area contributed by atoms with Crippen LogP contribution >= 0.6 is 0 Å². The summed E-state index contributed by atoms with van der Waals surface area (Å²) >= 11 is 0. The molecule has 1 atom stereocenters. The van der Waals surface area contributed by atoms with Crippen LogP contribution in [0.2, 0.25) is 0 Å². The number of imidazole rings is 1. The molecule has 1 unspecified atom stereocenters. The van der Waals surface area contributed by atoms with Crippen molar-refractivity contribution in [2.45, 2.75) is 19.6 Å². The van der Waals surface area contributed by atoms with Crippen molar-refractivity contribution in [3.8, 4) is 0 Å². The summed E-state index contributed by atoms with van der Waals surface area (Å²) in [5.41, 5.74) is 0.970. The Hall–Kier alpha value is -2.67. The minimum atomic E-state index is -0.103. The first kappa shape index (κ1) is 17.2. The van der Waals surface area contributed by atoms with Gasteiger partial charge in [-0.25, -0.2) is 9.78 Å². The number of ether oxygens (including phenoxy) is 1. The van der Waals surface area contributed by atoms with Crippen LogP contribution in [0, 0.1) is 5.92 Å². The molecule has 7 heteroatoms. The second-order valence-electron chi connectivity index (χ2n) is 6.09. The van der Waals surface area contributed by atoms with Gasteiger partial charge in [0.15, 0.2) is 0 Å². The largest absolute Gasteiger partial charge is 0.377 e. The van der Waals surface area contributed by atoms with E-state index >= 15 is 0 Å². The average molecular weight is 341 g/mol. The molecule has 1 aliphatic heterocycles. The number of urea groups is 1. The maximum absolute atomic E-state index is 12.6. The molecule has 0 radical (unpaired) electrons. The molecule has 0 saturated carbocycles. The number of hydrogen-bond acceptors (Lipinski definition) is 4. The van der Waals surface area contributed by atoms with Gasteiger partial charge in [-0.2, -0.15) is 0 Å². The number of aromatic nitrogens is 3. The lowest BCUT2D eigenvalue weighted by molar-refractivity contribution is 0.101. The standard InChI is InChI=1S/C18H23N5O2/c1-2-8-25-14-16-11-22-7-6-20-17(22)13-23(12-16)18(24)21-10-15-4-3-5-19-9-15/h2-7,9,16H,1,8,10-14H2,(H,21,24). The number of rotatable bonds is 6. The van der Waals surface area contributed by atoms with Gasteiger partial charge in [0.1, 0.15) is 5.82 Å². The third kappa shape index (κ3) is 4.67. The molecular weight excluding hydrogens is 318 g/mol. The van der Waals surface area contributed by atoms with Gasteiger partial charge in [0.25, 0.3) is 0 Å². The summed E-state index contributed by atoms with van der Waals surface area (Å²) in [4.78, 5) is 22.9. The molecule has 0 saturated heterocycles. The van der Waals surface area contributed by atoms with Crippen LogP contribution in [0.3, 0.4) is 0 Å². The maximum atomic E-state index is 12.6. The lowest BCUT2D eigenvalue weighted by Gasteiger charge is -2.24. The molecule has 3 rings (SSSR count). The quantitative estimate of drug-likeness (QED) is 0.643. The van der Waals surface area contributed by atoms with E-state index < -0.39 is 0 Å². The van der Waals surface area contributed by atoms with Crippen molar-refractivity contribution in [1.82, 2.24) is 24.8 Å². The first-order valence-electron chi connectivity index (χ1n) is 8.36. The highest BCUT2D eigenvalue weighted by Gasteiger charge is 2.25. The Morgan fingerprint density at radius 3 is 3.16 bits per heavy atom. The number of nitrogens with zero attached hydrogens (tertiary/aromatic N) is 4. The highest BCUT2D eigenvalue weighted by Crippen LogP contribution is 2.16. The van der Waals surface area contributed by atoms with Crippen molar-refractivity contribution >= 4 is 6.03 Å². The summed E-state index contributed by atoms with van der Waals surface area (Å²) in [5, 5.41) is 2.96. The molecule has 0 bridgehead atoms. The topological polar surface area (TPSA) is 72.3 Å². The van der Waals surface area contributed by atoms with Crippen molar-refractivity contribution < 1.29 is 9.53 Å². The van der Waals surface area contributed by atoms with E-state index in [4.69, 9.17) is 4.74 Å². The molecule has 2 aromatic heterocycles. The van der Waals surface area contributed by atoms with Gasteiger partial charge in [0.05, 0.1) is 19.8 Å². The predicted octanol–water partition coefficient (Wildman–Crippen LogP) is 1.82. The number of hydrogen-bond donors (Lipinski definition) is 1. The van der Waals surface area contributed by atoms with Crippen LogP contribution in [0.5, 0.6) is 0 Å². The lowest BCUT2D eigenvalue weighted by atomic mass is 10.1. The first-order chi connectivity index (χ1) is 12.3. The van der Waals surface area contributed by atoms with Crippen molar-refractivity contribution in [1.29, 1.82) is 0 Å². The van der Waals surface area contributed by atoms with E-state index in [0.717, 1.165) is 17.9 Å². The van der Waals surface area contributed by atoms with Gasteiger partial charge in [-0.3, -0.25) is 4.98 Å². The molecule has 0 fully saturated rings. The molecule has 0 aromatic carbocycles. The number of carbonyl (C=O) groups is 1.